The van der Waals surface area contributed by atoms with Crippen LogP contribution in [0.15, 0.2) is 39.9 Å². The van der Waals surface area contributed by atoms with Crippen LogP contribution in [0.4, 0.5) is 11.4 Å². The molecular formula is C37H54N2O20. The maximum absolute atomic E-state index is 12.3. The lowest BCUT2D eigenvalue weighted by atomic mass is 9.96. The van der Waals surface area contributed by atoms with E-state index in [4.69, 9.17) is 33.2 Å². The minimum absolute atomic E-state index is 0.00161. The van der Waals surface area contributed by atoms with E-state index in [9.17, 15) is 65.4 Å². The summed E-state index contributed by atoms with van der Waals surface area (Å²) in [5.74, 6) is -0.325. The topological polar surface area (TPSA) is 342 Å². The standard InChI is InChI=1S/C37H54N2O20/c40-13-18-24(43)29(48)31(50)35(56-18)55-16-20-26(45)34(59-37-32(51)30(49)25(44)19(14-41)57-37)33(52)36(58-20)53-12-11-39-23-22(27(46)28(23)47)38-10-6-2-5-9-21(42)54-15-17-7-3-1-4-8-17/h1,3-4,7-8,18-20,24-26,29-41,43-45,48-52H,2,5-6,9-16H2/t18-,19-,20-,24-,25-,26-,29+,30+,31+,32+,33+,34+,35+,36-,37-/m1/s1. The molecule has 22 nitrogen and oxygen atoms in total. The van der Waals surface area contributed by atoms with Crippen LogP contribution in [0, 0.1) is 0 Å². The van der Waals surface area contributed by atoms with Crippen molar-refractivity contribution in [2.75, 3.05) is 50.2 Å². The molecule has 12 N–H and O–H groups in total. The maximum Gasteiger partial charge on any atom is 0.306 e. The first-order valence-corrected chi connectivity index (χ1v) is 19.3. The number of esters is 1. The van der Waals surface area contributed by atoms with Gasteiger partial charge in [0.15, 0.2) is 18.9 Å². The van der Waals surface area contributed by atoms with Crippen LogP contribution in [-0.4, -0.2) is 189 Å². The third-order valence-electron chi connectivity index (χ3n) is 10.3. The summed E-state index contributed by atoms with van der Waals surface area (Å²) in [6.07, 6.45) is -23.5. The van der Waals surface area contributed by atoms with Gasteiger partial charge in [0.05, 0.1) is 26.4 Å². The minimum Gasteiger partial charge on any atom is -0.461 e. The van der Waals surface area contributed by atoms with Gasteiger partial charge in [0.1, 0.15) is 91.2 Å². The molecule has 0 bridgehead atoms. The second-order valence-electron chi connectivity index (χ2n) is 14.4. The number of hydrogen-bond donors (Lipinski definition) is 12. The van der Waals surface area contributed by atoms with E-state index in [0.717, 1.165) is 5.56 Å². The molecule has 0 saturated carbocycles. The lowest BCUT2D eigenvalue weighted by Crippen LogP contribution is -2.65. The first-order chi connectivity index (χ1) is 28.3. The Balaban J connectivity index is 1.13. The van der Waals surface area contributed by atoms with Crippen LogP contribution in [0.1, 0.15) is 31.2 Å². The highest BCUT2D eigenvalue weighted by Gasteiger charge is 2.52. The molecule has 0 radical (unpaired) electrons. The van der Waals surface area contributed by atoms with Crippen molar-refractivity contribution in [2.45, 2.75) is 124 Å². The van der Waals surface area contributed by atoms with Crippen LogP contribution in [0.5, 0.6) is 0 Å². The highest BCUT2D eigenvalue weighted by molar-refractivity contribution is 5.74. The fourth-order valence-corrected chi connectivity index (χ4v) is 6.74. The molecule has 3 aliphatic heterocycles. The fourth-order valence-electron chi connectivity index (χ4n) is 6.74. The summed E-state index contributed by atoms with van der Waals surface area (Å²) < 4.78 is 38.6. The SMILES string of the molecule is O=C(CCCCCNc1c(NCCO[C@@H]2O[C@H](CO[C@H]3O[C@H](CO)[C@@H](O)[C@H](O)[C@@H]3O)[C@@H](O)[C@H](O[C@H]3O[C@H](CO)[C@@H](O)[C@H](O)[C@@H]3O)[C@@H]2O)c(=O)c1=O)OCc1ccccc1. The number of unbranched alkanes of at least 4 members (excludes halogenated alkanes) is 2. The number of hydrogen-bond acceptors (Lipinski definition) is 22. The Bertz CT molecular complexity index is 1660. The lowest BCUT2D eigenvalue weighted by molar-refractivity contribution is -0.365. The average molecular weight is 847 g/mol. The predicted molar refractivity (Wildman–Crippen MR) is 198 cm³/mol. The van der Waals surface area contributed by atoms with Gasteiger partial charge in [-0.05, 0) is 18.4 Å². The third-order valence-corrected chi connectivity index (χ3v) is 10.3. The van der Waals surface area contributed by atoms with Gasteiger partial charge in [-0.2, -0.15) is 0 Å². The van der Waals surface area contributed by atoms with E-state index in [2.05, 4.69) is 10.6 Å². The van der Waals surface area contributed by atoms with E-state index < -0.39 is 123 Å². The Kier molecular flexibility index (Phi) is 17.5. The predicted octanol–water partition coefficient (Wildman–Crippen LogP) is -5.12. The molecule has 332 valence electrons. The molecule has 0 spiro atoms. The summed E-state index contributed by atoms with van der Waals surface area (Å²) in [5, 5.41) is 109. The summed E-state index contributed by atoms with van der Waals surface area (Å²) in [5.41, 5.74) is -0.558. The Hall–Kier alpha value is -3.27. The second kappa shape index (κ2) is 22.0. The number of anilines is 2. The number of rotatable bonds is 21. The summed E-state index contributed by atoms with van der Waals surface area (Å²) in [4.78, 5) is 36.7. The van der Waals surface area contributed by atoms with Gasteiger partial charge in [0, 0.05) is 19.5 Å². The van der Waals surface area contributed by atoms with E-state index in [1.54, 1.807) is 0 Å². The molecule has 2 aromatic carbocycles. The van der Waals surface area contributed by atoms with Gasteiger partial charge < -0.3 is 94.9 Å². The highest BCUT2D eigenvalue weighted by Crippen LogP contribution is 2.31. The van der Waals surface area contributed by atoms with Crippen molar-refractivity contribution in [3.8, 4) is 0 Å². The number of carbonyl (C=O) groups excluding carboxylic acids is 1. The zero-order valence-electron chi connectivity index (χ0n) is 31.9. The molecule has 22 heteroatoms. The van der Waals surface area contributed by atoms with Crippen LogP contribution < -0.4 is 21.5 Å². The molecular weight excluding hydrogens is 792 g/mol. The van der Waals surface area contributed by atoms with Crippen molar-refractivity contribution in [1.82, 2.24) is 0 Å². The first kappa shape index (κ1) is 46.8. The minimum atomic E-state index is -1.92. The lowest BCUT2D eigenvalue weighted by Gasteiger charge is -2.46. The average Bonchev–Trinajstić information content (AvgIpc) is 3.24. The number of nitrogens with one attached hydrogen (secondary N) is 2. The van der Waals surface area contributed by atoms with Gasteiger partial charge in [0.25, 0.3) is 10.9 Å². The van der Waals surface area contributed by atoms with Crippen molar-refractivity contribution in [1.29, 1.82) is 0 Å². The molecule has 0 unspecified atom stereocenters. The van der Waals surface area contributed by atoms with E-state index in [-0.39, 0.29) is 43.5 Å². The molecule has 5 rings (SSSR count). The molecule has 15 atom stereocenters. The molecule has 0 amide bonds. The molecule has 0 aromatic heterocycles. The quantitative estimate of drug-likeness (QED) is 0.0318. The number of aliphatic hydroxyl groups excluding tert-OH is 10. The van der Waals surface area contributed by atoms with Crippen molar-refractivity contribution in [3.05, 3.63) is 56.3 Å². The van der Waals surface area contributed by atoms with Gasteiger partial charge in [-0.3, -0.25) is 14.4 Å². The number of carbonyl (C=O) groups is 1. The van der Waals surface area contributed by atoms with E-state index in [1.165, 1.54) is 0 Å². The van der Waals surface area contributed by atoms with Gasteiger partial charge in [-0.1, -0.05) is 36.8 Å². The fraction of sp³-hybridized carbons (Fsp3) is 0.703. The monoisotopic (exact) mass is 846 g/mol. The number of benzene rings is 1. The van der Waals surface area contributed by atoms with Crippen molar-refractivity contribution < 1.29 is 89.0 Å². The Labute approximate surface area is 337 Å². The smallest absolute Gasteiger partial charge is 0.306 e. The zero-order valence-corrected chi connectivity index (χ0v) is 31.9. The third kappa shape index (κ3) is 11.6. The number of ether oxygens (including phenoxy) is 7. The summed E-state index contributed by atoms with van der Waals surface area (Å²) >= 11 is 0. The van der Waals surface area contributed by atoms with E-state index in [0.29, 0.717) is 25.8 Å². The zero-order chi connectivity index (χ0) is 42.8. The molecule has 3 saturated heterocycles. The number of aliphatic hydroxyl groups is 10. The molecule has 3 fully saturated rings. The van der Waals surface area contributed by atoms with Crippen LogP contribution in [-0.2, 0) is 44.6 Å². The van der Waals surface area contributed by atoms with Crippen LogP contribution in [0.3, 0.4) is 0 Å². The van der Waals surface area contributed by atoms with Gasteiger partial charge in [-0.15, -0.1) is 0 Å². The molecule has 59 heavy (non-hydrogen) atoms. The van der Waals surface area contributed by atoms with Crippen molar-refractivity contribution in [2.24, 2.45) is 0 Å². The van der Waals surface area contributed by atoms with Crippen molar-refractivity contribution >= 4 is 17.3 Å². The highest BCUT2D eigenvalue weighted by atomic mass is 16.7. The summed E-state index contributed by atoms with van der Waals surface area (Å²) in [6, 6.07) is 9.28. The van der Waals surface area contributed by atoms with Crippen molar-refractivity contribution in [3.63, 3.8) is 0 Å². The van der Waals surface area contributed by atoms with Gasteiger partial charge in [0.2, 0.25) is 0 Å². The van der Waals surface area contributed by atoms with Gasteiger partial charge in [-0.25, -0.2) is 0 Å². The largest absolute Gasteiger partial charge is 0.461 e. The normalized spacial score (nSPS) is 35.1. The second-order valence-corrected chi connectivity index (χ2v) is 14.4. The molecule has 2 aromatic rings. The first-order valence-electron chi connectivity index (χ1n) is 19.3. The maximum atomic E-state index is 12.3. The Morgan fingerprint density at radius 3 is 1.80 bits per heavy atom. The summed E-state index contributed by atoms with van der Waals surface area (Å²) in [7, 11) is 0. The van der Waals surface area contributed by atoms with Crippen LogP contribution in [0.2, 0.25) is 0 Å². The van der Waals surface area contributed by atoms with Crippen LogP contribution >= 0.6 is 0 Å². The van der Waals surface area contributed by atoms with E-state index in [1.807, 2.05) is 30.3 Å². The molecule has 0 aliphatic carbocycles. The molecule has 3 heterocycles. The Morgan fingerprint density at radius 1 is 0.610 bits per heavy atom. The van der Waals surface area contributed by atoms with E-state index >= 15 is 0 Å². The van der Waals surface area contributed by atoms with Gasteiger partial charge >= 0.3 is 5.97 Å². The molecule has 3 aliphatic rings. The van der Waals surface area contributed by atoms with Crippen LogP contribution in [0.25, 0.3) is 0 Å². The summed E-state index contributed by atoms with van der Waals surface area (Å²) in [6.45, 7) is -2.07. The Morgan fingerprint density at radius 2 is 1.17 bits per heavy atom.